The molecule has 1 amide bonds. The van der Waals surface area contributed by atoms with Gasteiger partial charge in [-0.15, -0.1) is 0 Å². The van der Waals surface area contributed by atoms with Crippen molar-refractivity contribution in [2.75, 3.05) is 18.5 Å². The van der Waals surface area contributed by atoms with Crippen molar-refractivity contribution in [2.24, 2.45) is 0 Å². The van der Waals surface area contributed by atoms with E-state index >= 15 is 0 Å². The van der Waals surface area contributed by atoms with Crippen LogP contribution in [-0.4, -0.2) is 30.3 Å². The Kier molecular flexibility index (Phi) is 6.81. The van der Waals surface area contributed by atoms with Crippen LogP contribution in [0.25, 0.3) is 0 Å². The van der Waals surface area contributed by atoms with Crippen LogP contribution in [0.5, 0.6) is 0 Å². The summed E-state index contributed by atoms with van der Waals surface area (Å²) in [7, 11) is 0. The molecule has 0 saturated heterocycles. The van der Waals surface area contributed by atoms with Crippen LogP contribution in [-0.2, 0) is 9.47 Å². The topological polar surface area (TPSA) is 77.5 Å². The van der Waals surface area contributed by atoms with Crippen molar-refractivity contribution >= 4 is 29.4 Å². The highest BCUT2D eigenvalue weighted by atomic mass is 35.5. The van der Waals surface area contributed by atoms with E-state index < -0.39 is 12.1 Å². The number of pyridine rings is 1. The van der Waals surface area contributed by atoms with E-state index in [9.17, 15) is 9.59 Å². The Morgan fingerprint density at radius 1 is 1.20 bits per heavy atom. The Morgan fingerprint density at radius 3 is 2.68 bits per heavy atom. The van der Waals surface area contributed by atoms with E-state index in [2.05, 4.69) is 22.1 Å². The van der Waals surface area contributed by atoms with Crippen LogP contribution >= 0.6 is 11.6 Å². The molecule has 2 rings (SSSR count). The molecule has 0 fully saturated rings. The van der Waals surface area contributed by atoms with Crippen LogP contribution < -0.4 is 5.32 Å². The number of hydrogen-bond acceptors (Lipinski definition) is 5. The second-order valence-corrected chi connectivity index (χ2v) is 5.13. The highest BCUT2D eigenvalue weighted by molar-refractivity contribution is 6.30. The number of aromatic nitrogens is 1. The smallest absolute Gasteiger partial charge is 0.412 e. The summed E-state index contributed by atoms with van der Waals surface area (Å²) in [6.07, 6.45) is 2.28. The molecule has 1 heterocycles. The maximum absolute atomic E-state index is 11.6. The molecule has 128 valence electrons. The zero-order valence-electron chi connectivity index (χ0n) is 13.4. The molecule has 0 aliphatic carbocycles. The van der Waals surface area contributed by atoms with E-state index in [1.54, 1.807) is 37.3 Å². The van der Waals surface area contributed by atoms with Gasteiger partial charge in [0.25, 0.3) is 0 Å². The first kappa shape index (κ1) is 18.3. The molecule has 2 aromatic rings. The van der Waals surface area contributed by atoms with Crippen LogP contribution in [0, 0.1) is 11.8 Å². The predicted molar refractivity (Wildman–Crippen MR) is 93.5 cm³/mol. The van der Waals surface area contributed by atoms with E-state index in [1.165, 1.54) is 12.4 Å². The van der Waals surface area contributed by atoms with Crippen LogP contribution in [0.1, 0.15) is 22.8 Å². The second-order valence-electron chi connectivity index (χ2n) is 4.69. The lowest BCUT2D eigenvalue weighted by Crippen LogP contribution is -2.13. The van der Waals surface area contributed by atoms with Gasteiger partial charge in [0.15, 0.2) is 6.61 Å². The van der Waals surface area contributed by atoms with Gasteiger partial charge in [-0.3, -0.25) is 10.3 Å². The van der Waals surface area contributed by atoms with Crippen LogP contribution in [0.15, 0.2) is 42.7 Å². The first-order chi connectivity index (χ1) is 12.1. The fourth-order valence-electron chi connectivity index (χ4n) is 1.76. The van der Waals surface area contributed by atoms with Gasteiger partial charge in [-0.05, 0) is 37.3 Å². The lowest BCUT2D eigenvalue weighted by molar-refractivity contribution is 0.0526. The molecule has 0 unspecified atom stereocenters. The summed E-state index contributed by atoms with van der Waals surface area (Å²) in [6, 6.07) is 8.18. The number of carbonyl (C=O) groups excluding carboxylic acids is 2. The number of rotatable bonds is 4. The van der Waals surface area contributed by atoms with Gasteiger partial charge in [0.2, 0.25) is 0 Å². The van der Waals surface area contributed by atoms with Crippen molar-refractivity contribution in [3.8, 4) is 11.8 Å². The van der Waals surface area contributed by atoms with E-state index in [4.69, 9.17) is 21.1 Å². The van der Waals surface area contributed by atoms with E-state index in [1.807, 2.05) is 0 Å². The highest BCUT2D eigenvalue weighted by Crippen LogP contribution is 2.13. The molecule has 6 nitrogen and oxygen atoms in total. The molecule has 0 bridgehead atoms. The number of benzene rings is 1. The van der Waals surface area contributed by atoms with Gasteiger partial charge in [0.05, 0.1) is 12.2 Å². The van der Waals surface area contributed by atoms with Gasteiger partial charge < -0.3 is 9.47 Å². The molecule has 0 atom stereocenters. The maximum atomic E-state index is 11.6. The summed E-state index contributed by atoms with van der Waals surface area (Å²) in [5.74, 6) is 4.98. The average molecular weight is 359 g/mol. The van der Waals surface area contributed by atoms with E-state index in [0.717, 1.165) is 0 Å². The number of esters is 1. The van der Waals surface area contributed by atoms with Crippen molar-refractivity contribution < 1.29 is 19.1 Å². The van der Waals surface area contributed by atoms with Gasteiger partial charge in [-0.1, -0.05) is 23.4 Å². The Balaban J connectivity index is 1.85. The SMILES string of the molecule is CCOC(=O)c1cncc(C#CCOC(=O)Nc2ccc(Cl)cc2)c1. The van der Waals surface area contributed by atoms with E-state index in [-0.39, 0.29) is 13.2 Å². The fraction of sp³-hybridized carbons (Fsp3) is 0.167. The summed E-state index contributed by atoms with van der Waals surface area (Å²) in [6.45, 7) is 1.90. The normalized spacial score (nSPS) is 9.52. The average Bonchev–Trinajstić information content (AvgIpc) is 2.61. The number of hydrogen-bond donors (Lipinski definition) is 1. The molecule has 0 radical (unpaired) electrons. The van der Waals surface area contributed by atoms with Crippen LogP contribution in [0.4, 0.5) is 10.5 Å². The number of ether oxygens (including phenoxy) is 2. The van der Waals surface area contributed by atoms with Gasteiger partial charge >= 0.3 is 12.1 Å². The molecule has 25 heavy (non-hydrogen) atoms. The largest absolute Gasteiger partial charge is 0.462 e. The Hall–Kier alpha value is -3.04. The first-order valence-electron chi connectivity index (χ1n) is 7.39. The number of nitrogens with zero attached hydrogens (tertiary/aromatic N) is 1. The molecule has 0 spiro atoms. The zero-order chi connectivity index (χ0) is 18.1. The molecule has 0 aliphatic heterocycles. The van der Waals surface area contributed by atoms with Gasteiger partial charge in [0.1, 0.15) is 0 Å². The predicted octanol–water partition coefficient (Wildman–Crippen LogP) is 3.51. The van der Waals surface area contributed by atoms with E-state index in [0.29, 0.717) is 21.8 Å². The lowest BCUT2D eigenvalue weighted by atomic mass is 10.2. The van der Waals surface area contributed by atoms with Gasteiger partial charge in [0, 0.05) is 28.7 Å². The molecule has 1 aromatic heterocycles. The van der Waals surface area contributed by atoms with Gasteiger partial charge in [-0.2, -0.15) is 0 Å². The third kappa shape index (κ3) is 6.16. The monoisotopic (exact) mass is 358 g/mol. The second kappa shape index (κ2) is 9.30. The fourth-order valence-corrected chi connectivity index (χ4v) is 1.89. The Labute approximate surface area is 150 Å². The summed E-state index contributed by atoms with van der Waals surface area (Å²) in [4.78, 5) is 27.2. The number of carbonyl (C=O) groups is 2. The molecule has 1 aromatic carbocycles. The van der Waals surface area contributed by atoms with Crippen LogP contribution in [0.2, 0.25) is 5.02 Å². The lowest BCUT2D eigenvalue weighted by Gasteiger charge is -2.04. The minimum absolute atomic E-state index is 0.108. The molecule has 0 saturated carbocycles. The summed E-state index contributed by atoms with van der Waals surface area (Å²) in [5, 5.41) is 3.12. The quantitative estimate of drug-likeness (QED) is 0.668. The number of nitrogens with one attached hydrogen (secondary N) is 1. The zero-order valence-corrected chi connectivity index (χ0v) is 14.2. The van der Waals surface area contributed by atoms with Gasteiger partial charge in [-0.25, -0.2) is 9.59 Å². The third-order valence-corrected chi connectivity index (χ3v) is 3.10. The summed E-state index contributed by atoms with van der Waals surface area (Å²) in [5.41, 5.74) is 1.40. The molecular weight excluding hydrogens is 344 g/mol. The molecule has 1 N–H and O–H groups in total. The van der Waals surface area contributed by atoms with Crippen molar-refractivity contribution in [2.45, 2.75) is 6.92 Å². The number of halogens is 1. The minimum atomic E-state index is -0.630. The summed E-state index contributed by atoms with van der Waals surface area (Å²) >= 11 is 5.76. The standard InChI is InChI=1S/C18H15ClN2O4/c1-2-24-17(22)14-10-13(11-20-12-14)4-3-9-25-18(23)21-16-7-5-15(19)6-8-16/h5-8,10-12H,2,9H2,1H3,(H,21,23). The minimum Gasteiger partial charge on any atom is -0.462 e. The van der Waals surface area contributed by atoms with Crippen LogP contribution in [0.3, 0.4) is 0 Å². The Bertz CT molecular complexity index is 810. The first-order valence-corrected chi connectivity index (χ1v) is 7.76. The van der Waals surface area contributed by atoms with Crippen molar-refractivity contribution in [3.05, 3.63) is 58.9 Å². The third-order valence-electron chi connectivity index (χ3n) is 2.85. The molecule has 7 heteroatoms. The number of amides is 1. The maximum Gasteiger partial charge on any atom is 0.412 e. The Morgan fingerprint density at radius 2 is 1.96 bits per heavy atom. The highest BCUT2D eigenvalue weighted by Gasteiger charge is 2.06. The summed E-state index contributed by atoms with van der Waals surface area (Å²) < 4.78 is 9.84. The van der Waals surface area contributed by atoms with Crippen molar-refractivity contribution in [1.82, 2.24) is 4.98 Å². The molecule has 0 aliphatic rings. The molecular formula is C18H15ClN2O4. The van der Waals surface area contributed by atoms with Crippen molar-refractivity contribution in [3.63, 3.8) is 0 Å². The van der Waals surface area contributed by atoms with Crippen molar-refractivity contribution in [1.29, 1.82) is 0 Å². The number of anilines is 1.